The summed E-state index contributed by atoms with van der Waals surface area (Å²) in [5, 5.41) is 4.02. The van der Waals surface area contributed by atoms with Crippen LogP contribution in [0.15, 0.2) is 72.9 Å². The van der Waals surface area contributed by atoms with Crippen LogP contribution in [0.2, 0.25) is 0 Å². The molecule has 1 aliphatic heterocycles. The Balaban J connectivity index is 1.73. The molecule has 6 nitrogen and oxygen atoms in total. The third kappa shape index (κ3) is 3.97. The van der Waals surface area contributed by atoms with Crippen molar-refractivity contribution in [2.75, 3.05) is 19.1 Å². The van der Waals surface area contributed by atoms with Crippen molar-refractivity contribution in [1.82, 2.24) is 14.9 Å². The largest absolute Gasteiger partial charge is 0.497 e. The zero-order chi connectivity index (χ0) is 25.4. The van der Waals surface area contributed by atoms with Crippen LogP contribution in [0.1, 0.15) is 34.7 Å². The van der Waals surface area contributed by atoms with E-state index in [1.807, 2.05) is 65.8 Å². The van der Waals surface area contributed by atoms with Gasteiger partial charge in [0.05, 0.1) is 43.4 Å². The summed E-state index contributed by atoms with van der Waals surface area (Å²) in [5.74, 6) is 1.07. The Bertz CT molecular complexity index is 1420. The Morgan fingerprint density at radius 3 is 2.42 bits per heavy atom. The lowest BCUT2D eigenvalue weighted by Crippen LogP contribution is -2.30. The first-order valence-corrected chi connectivity index (χ1v) is 12.0. The van der Waals surface area contributed by atoms with Crippen LogP contribution in [0.5, 0.6) is 11.5 Å². The highest BCUT2D eigenvalue weighted by Crippen LogP contribution is 2.47. The van der Waals surface area contributed by atoms with Gasteiger partial charge in [0.2, 0.25) is 0 Å². The molecule has 8 heteroatoms. The smallest absolute Gasteiger partial charge is 0.174 e. The van der Waals surface area contributed by atoms with Crippen molar-refractivity contribution < 1.29 is 13.9 Å². The molecule has 184 valence electrons. The normalized spacial score (nSPS) is 17.2. The summed E-state index contributed by atoms with van der Waals surface area (Å²) in [6.07, 6.45) is 1.77. The van der Waals surface area contributed by atoms with Crippen molar-refractivity contribution in [3.8, 4) is 17.2 Å². The van der Waals surface area contributed by atoms with Gasteiger partial charge in [0, 0.05) is 23.7 Å². The zero-order valence-corrected chi connectivity index (χ0v) is 21.3. The molecule has 1 saturated heterocycles. The predicted molar refractivity (Wildman–Crippen MR) is 143 cm³/mol. The highest BCUT2D eigenvalue weighted by Gasteiger charge is 2.43. The molecule has 36 heavy (non-hydrogen) atoms. The van der Waals surface area contributed by atoms with Crippen LogP contribution in [-0.2, 0) is 0 Å². The fraction of sp³-hybridized carbons (Fsp3) is 0.214. The monoisotopic (exact) mass is 502 g/mol. The maximum absolute atomic E-state index is 14.8. The number of halogens is 1. The van der Waals surface area contributed by atoms with Crippen molar-refractivity contribution in [2.45, 2.75) is 25.9 Å². The molecule has 1 N–H and O–H groups in total. The van der Waals surface area contributed by atoms with E-state index in [0.717, 1.165) is 28.3 Å². The summed E-state index contributed by atoms with van der Waals surface area (Å²) < 4.78 is 28.0. The number of nitrogens with zero attached hydrogens (tertiary/aromatic N) is 3. The van der Waals surface area contributed by atoms with Crippen molar-refractivity contribution in [3.05, 3.63) is 101 Å². The van der Waals surface area contributed by atoms with E-state index >= 15 is 0 Å². The van der Waals surface area contributed by atoms with Crippen molar-refractivity contribution in [1.29, 1.82) is 0 Å². The highest BCUT2D eigenvalue weighted by atomic mass is 32.1. The molecular weight excluding hydrogens is 475 g/mol. The fourth-order valence-corrected chi connectivity index (χ4v) is 5.35. The number of thiocarbonyl (C=S) groups is 1. The lowest BCUT2D eigenvalue weighted by molar-refractivity contribution is 0.403. The number of para-hydroxylation sites is 1. The number of pyridine rings is 1. The third-order valence-electron chi connectivity index (χ3n) is 6.63. The van der Waals surface area contributed by atoms with Gasteiger partial charge in [-0.25, -0.2) is 4.39 Å². The molecule has 1 aliphatic rings. The van der Waals surface area contributed by atoms with E-state index in [9.17, 15) is 4.39 Å². The molecule has 0 spiro atoms. The molecule has 0 saturated carbocycles. The maximum Gasteiger partial charge on any atom is 0.174 e. The highest BCUT2D eigenvalue weighted by molar-refractivity contribution is 7.80. The van der Waals surface area contributed by atoms with Crippen molar-refractivity contribution in [2.24, 2.45) is 0 Å². The van der Waals surface area contributed by atoms with Gasteiger partial charge in [-0.1, -0.05) is 18.2 Å². The first-order chi connectivity index (χ1) is 17.4. The second-order valence-electron chi connectivity index (χ2n) is 8.65. The number of benzene rings is 2. The van der Waals surface area contributed by atoms with E-state index in [4.69, 9.17) is 21.7 Å². The molecule has 0 bridgehead atoms. The molecule has 0 amide bonds. The van der Waals surface area contributed by atoms with Crippen molar-refractivity contribution in [3.63, 3.8) is 0 Å². The number of aryl methyl sites for hydroxylation is 1. The SMILES string of the molecule is COc1ccc(OC)c(N2C(=S)N[C@H](c3ccccn3)[C@H]2c2cc(C)n(-c3ccccc3F)c2C)c1. The minimum Gasteiger partial charge on any atom is -0.497 e. The number of methoxy groups -OCH3 is 2. The van der Waals surface area contributed by atoms with E-state index in [1.54, 1.807) is 32.5 Å². The molecule has 2 atom stereocenters. The van der Waals surface area contributed by atoms with Crippen LogP contribution in [0.25, 0.3) is 5.69 Å². The van der Waals surface area contributed by atoms with Crippen LogP contribution < -0.4 is 19.7 Å². The zero-order valence-electron chi connectivity index (χ0n) is 20.5. The Kier molecular flexibility index (Phi) is 6.36. The molecule has 0 radical (unpaired) electrons. The molecule has 0 aliphatic carbocycles. The van der Waals surface area contributed by atoms with Crippen LogP contribution >= 0.6 is 12.2 Å². The summed E-state index contributed by atoms with van der Waals surface area (Å²) in [4.78, 5) is 6.68. The summed E-state index contributed by atoms with van der Waals surface area (Å²) in [7, 11) is 3.26. The average molecular weight is 503 g/mol. The third-order valence-corrected chi connectivity index (χ3v) is 6.94. The lowest BCUT2D eigenvalue weighted by atomic mass is 9.96. The number of nitrogens with one attached hydrogen (secondary N) is 1. The van der Waals surface area contributed by atoms with Crippen LogP contribution in [-0.4, -0.2) is 28.9 Å². The molecule has 1 fully saturated rings. The molecule has 2 aromatic heterocycles. The van der Waals surface area contributed by atoms with E-state index in [0.29, 0.717) is 22.3 Å². The first kappa shape index (κ1) is 23.8. The Labute approximate surface area is 215 Å². The topological polar surface area (TPSA) is 51.6 Å². The van der Waals surface area contributed by atoms with Crippen LogP contribution in [0, 0.1) is 19.7 Å². The first-order valence-electron chi connectivity index (χ1n) is 11.6. The van der Waals surface area contributed by atoms with E-state index in [-0.39, 0.29) is 17.9 Å². The van der Waals surface area contributed by atoms with Gasteiger partial charge < -0.3 is 24.3 Å². The van der Waals surface area contributed by atoms with E-state index in [1.165, 1.54) is 6.07 Å². The number of rotatable bonds is 6. The molecule has 4 aromatic rings. The number of aromatic nitrogens is 2. The Hall–Kier alpha value is -3.91. The quantitative estimate of drug-likeness (QED) is 0.335. The molecule has 2 aromatic carbocycles. The van der Waals surface area contributed by atoms with Crippen LogP contribution in [0.4, 0.5) is 10.1 Å². The summed E-state index contributed by atoms with van der Waals surface area (Å²) in [6.45, 7) is 3.99. The molecule has 5 rings (SSSR count). The number of hydrogen-bond donors (Lipinski definition) is 1. The van der Waals surface area contributed by atoms with Gasteiger partial charge in [-0.3, -0.25) is 4.98 Å². The maximum atomic E-state index is 14.8. The van der Waals surface area contributed by atoms with Crippen molar-refractivity contribution >= 4 is 23.0 Å². The van der Waals surface area contributed by atoms with Gasteiger partial charge in [-0.15, -0.1) is 0 Å². The summed E-state index contributed by atoms with van der Waals surface area (Å²) in [6, 6.07) is 19.8. The van der Waals surface area contributed by atoms with Gasteiger partial charge in [0.15, 0.2) is 5.11 Å². The Morgan fingerprint density at radius 2 is 1.72 bits per heavy atom. The van der Waals surface area contributed by atoms with E-state index in [2.05, 4.69) is 16.4 Å². The van der Waals surface area contributed by atoms with E-state index < -0.39 is 0 Å². The van der Waals surface area contributed by atoms with Gasteiger partial charge in [0.1, 0.15) is 17.3 Å². The number of anilines is 1. The van der Waals surface area contributed by atoms with Crippen LogP contribution in [0.3, 0.4) is 0 Å². The minimum atomic E-state index is -0.279. The number of hydrogen-bond acceptors (Lipinski definition) is 4. The standard InChI is InChI=1S/C28H27FN4O2S/c1-17-15-20(18(2)32(17)23-11-6-5-9-21(23)29)27-26(22-10-7-8-14-30-22)31-28(36)33(27)24-16-19(34-3)12-13-25(24)35-4/h5-16,26-27H,1-4H3,(H,31,36)/t26-,27-/m1/s1. The lowest BCUT2D eigenvalue weighted by Gasteiger charge is -2.29. The van der Waals surface area contributed by atoms with Gasteiger partial charge in [0.25, 0.3) is 0 Å². The van der Waals surface area contributed by atoms with Gasteiger partial charge in [-0.05, 0) is 74.1 Å². The second-order valence-corrected chi connectivity index (χ2v) is 9.03. The van der Waals surface area contributed by atoms with Gasteiger partial charge >= 0.3 is 0 Å². The average Bonchev–Trinajstić information content (AvgIpc) is 3.39. The molecular formula is C28H27FN4O2S. The molecule has 0 unspecified atom stereocenters. The molecule has 3 heterocycles. The van der Waals surface area contributed by atoms with Gasteiger partial charge in [-0.2, -0.15) is 0 Å². The second kappa shape index (κ2) is 9.62. The fourth-order valence-electron chi connectivity index (χ4n) is 5.01. The predicted octanol–water partition coefficient (Wildman–Crippen LogP) is 5.82. The summed E-state index contributed by atoms with van der Waals surface area (Å²) >= 11 is 5.88. The Morgan fingerprint density at radius 1 is 0.944 bits per heavy atom. The number of ether oxygens (including phenoxy) is 2. The minimum absolute atomic E-state index is 0.246. The summed E-state index contributed by atoms with van der Waals surface area (Å²) in [5.41, 5.74) is 4.97.